The molecule has 0 aliphatic carbocycles. The van der Waals surface area contributed by atoms with Gasteiger partial charge in [-0.25, -0.2) is 29.4 Å². The number of piperidine rings is 1. The molecule has 2 amide bonds. The Morgan fingerprint density at radius 3 is 2.29 bits per heavy atom. The first-order valence-corrected chi connectivity index (χ1v) is 4.40. The number of carbonyl (C=O) groups excluding carboxylic acids is 2. The van der Waals surface area contributed by atoms with Crippen LogP contribution in [0.4, 0.5) is 9.59 Å². The van der Waals surface area contributed by atoms with E-state index in [0.717, 1.165) is 25.9 Å². The lowest BCUT2D eigenvalue weighted by atomic mass is 10.1. The quantitative estimate of drug-likeness (QED) is 0.434. The number of hydrogen-bond acceptors (Lipinski definition) is 5. The highest BCUT2D eigenvalue weighted by molar-refractivity contribution is 5.70. The minimum atomic E-state index is -1.13. The van der Waals surface area contributed by atoms with Crippen molar-refractivity contribution in [2.75, 3.05) is 13.1 Å². The van der Waals surface area contributed by atoms with Crippen LogP contribution in [-0.2, 0) is 9.78 Å². The van der Waals surface area contributed by atoms with E-state index in [1.54, 1.807) is 0 Å². The molecule has 2 heterocycles. The minimum absolute atomic E-state index is 0.180. The Morgan fingerprint density at radius 2 is 1.86 bits per heavy atom. The van der Waals surface area contributed by atoms with Gasteiger partial charge in [0, 0.05) is 13.1 Å². The summed E-state index contributed by atoms with van der Waals surface area (Å²) in [6, 6.07) is 0.180. The number of amides is 2. The second-order valence-electron chi connectivity index (χ2n) is 3.28. The predicted molar refractivity (Wildman–Crippen MR) is 43.6 cm³/mol. The van der Waals surface area contributed by atoms with Crippen LogP contribution >= 0.6 is 0 Å². The summed E-state index contributed by atoms with van der Waals surface area (Å²) in [6.45, 7) is 1.69. The Balaban J connectivity index is 1.89. The molecular weight excluding hydrogens is 190 g/mol. The third-order valence-electron chi connectivity index (χ3n) is 2.47. The van der Waals surface area contributed by atoms with Gasteiger partial charge in [-0.15, -0.1) is 0 Å². The van der Waals surface area contributed by atoms with Crippen molar-refractivity contribution in [3.8, 4) is 0 Å². The highest BCUT2D eigenvalue weighted by Crippen LogP contribution is 2.28. The number of hydrazine groups is 1. The lowest BCUT2D eigenvalue weighted by Gasteiger charge is -2.20. The molecule has 7 heteroatoms. The van der Waals surface area contributed by atoms with E-state index in [1.165, 1.54) is 5.01 Å². The lowest BCUT2D eigenvalue weighted by Crippen LogP contribution is -2.39. The molecule has 14 heavy (non-hydrogen) atoms. The zero-order valence-corrected chi connectivity index (χ0v) is 7.51. The predicted octanol–water partition coefficient (Wildman–Crippen LogP) is -0.172. The first-order valence-electron chi connectivity index (χ1n) is 4.40. The largest absolute Gasteiger partial charge is 0.467 e. The summed E-state index contributed by atoms with van der Waals surface area (Å²) in [5.74, 6) is 0. The third kappa shape index (κ3) is 1.46. The number of nitrogens with zero attached hydrogens (tertiary/aromatic N) is 2. The van der Waals surface area contributed by atoms with Gasteiger partial charge in [0.15, 0.2) is 0 Å². The lowest BCUT2D eigenvalue weighted by molar-refractivity contribution is -0.194. The maximum absolute atomic E-state index is 11.3. The van der Waals surface area contributed by atoms with Crippen LogP contribution in [-0.4, -0.2) is 41.3 Å². The molecule has 2 N–H and O–H groups in total. The van der Waals surface area contributed by atoms with E-state index in [-0.39, 0.29) is 6.04 Å². The van der Waals surface area contributed by atoms with Crippen molar-refractivity contribution in [2.45, 2.75) is 18.9 Å². The highest BCUT2D eigenvalue weighted by Gasteiger charge is 2.42. The molecule has 2 aliphatic heterocycles. The molecule has 0 aromatic rings. The number of carbonyl (C=O) groups is 2. The van der Waals surface area contributed by atoms with Crippen LogP contribution in [0.1, 0.15) is 12.8 Å². The van der Waals surface area contributed by atoms with Crippen LogP contribution in [0.2, 0.25) is 0 Å². The highest BCUT2D eigenvalue weighted by atomic mass is 17.2. The maximum Gasteiger partial charge on any atom is 0.467 e. The Kier molecular flexibility index (Phi) is 2.16. The second kappa shape index (κ2) is 3.33. The van der Waals surface area contributed by atoms with Gasteiger partial charge in [-0.3, -0.25) is 0 Å². The molecule has 2 fully saturated rings. The van der Waals surface area contributed by atoms with Crippen LogP contribution in [0.3, 0.4) is 0 Å². The van der Waals surface area contributed by atoms with Crippen molar-refractivity contribution >= 4 is 12.2 Å². The van der Waals surface area contributed by atoms with Crippen molar-refractivity contribution in [1.29, 1.82) is 0 Å². The first kappa shape index (κ1) is 9.07. The molecule has 0 aromatic heterocycles. The van der Waals surface area contributed by atoms with Gasteiger partial charge in [0.25, 0.3) is 0 Å². The standard InChI is InChI=1S/C7H11N3O4/c8-6(11)13-14-7(12)10-5-1-3-9(10)4-2-5/h5H,1-4H2,(H2,8,11). The van der Waals surface area contributed by atoms with Crippen molar-refractivity contribution in [3.05, 3.63) is 0 Å². The van der Waals surface area contributed by atoms with Gasteiger partial charge in [0.05, 0.1) is 6.04 Å². The fourth-order valence-corrected chi connectivity index (χ4v) is 1.92. The monoisotopic (exact) mass is 201 g/mol. The SMILES string of the molecule is NC(=O)OOC(=O)N1C2CCN1CC2. The van der Waals surface area contributed by atoms with Gasteiger partial charge in [-0.2, -0.15) is 0 Å². The van der Waals surface area contributed by atoms with Crippen LogP contribution in [0.15, 0.2) is 0 Å². The van der Waals surface area contributed by atoms with Crippen LogP contribution in [0.25, 0.3) is 0 Å². The molecule has 0 aromatic carbocycles. The molecule has 78 valence electrons. The molecule has 2 aliphatic rings. The molecule has 0 saturated carbocycles. The fourth-order valence-electron chi connectivity index (χ4n) is 1.92. The van der Waals surface area contributed by atoms with E-state index in [0.29, 0.717) is 0 Å². The summed E-state index contributed by atoms with van der Waals surface area (Å²) < 4.78 is 0. The molecule has 7 nitrogen and oxygen atoms in total. The molecule has 0 spiro atoms. The average molecular weight is 201 g/mol. The number of nitrogens with two attached hydrogens (primary N) is 1. The van der Waals surface area contributed by atoms with Gasteiger partial charge in [0.2, 0.25) is 0 Å². The Morgan fingerprint density at radius 1 is 1.21 bits per heavy atom. The van der Waals surface area contributed by atoms with E-state index in [2.05, 4.69) is 15.5 Å². The third-order valence-corrected chi connectivity index (χ3v) is 2.47. The molecule has 0 unspecified atom stereocenters. The topological polar surface area (TPSA) is 85.1 Å². The van der Waals surface area contributed by atoms with Crippen molar-refractivity contribution < 1.29 is 19.4 Å². The molecular formula is C7H11N3O4. The van der Waals surface area contributed by atoms with Gasteiger partial charge in [-0.05, 0) is 12.8 Å². The van der Waals surface area contributed by atoms with Crippen molar-refractivity contribution in [3.63, 3.8) is 0 Å². The van der Waals surface area contributed by atoms with E-state index in [9.17, 15) is 9.59 Å². The van der Waals surface area contributed by atoms with Crippen molar-refractivity contribution in [2.24, 2.45) is 5.73 Å². The summed E-state index contributed by atoms with van der Waals surface area (Å²) in [7, 11) is 0. The summed E-state index contributed by atoms with van der Waals surface area (Å²) in [4.78, 5) is 29.7. The van der Waals surface area contributed by atoms with Gasteiger partial charge < -0.3 is 5.73 Å². The molecule has 2 bridgehead atoms. The van der Waals surface area contributed by atoms with E-state index < -0.39 is 12.2 Å². The van der Waals surface area contributed by atoms with Crippen LogP contribution in [0, 0.1) is 0 Å². The summed E-state index contributed by atoms with van der Waals surface area (Å²) >= 11 is 0. The van der Waals surface area contributed by atoms with Gasteiger partial charge in [-0.1, -0.05) is 0 Å². The van der Waals surface area contributed by atoms with Gasteiger partial charge >= 0.3 is 12.2 Å². The van der Waals surface area contributed by atoms with E-state index >= 15 is 0 Å². The normalized spacial score (nSPS) is 29.0. The van der Waals surface area contributed by atoms with Gasteiger partial charge in [0.1, 0.15) is 0 Å². The van der Waals surface area contributed by atoms with Crippen LogP contribution < -0.4 is 5.73 Å². The number of rotatable bonds is 0. The van der Waals surface area contributed by atoms with Crippen molar-refractivity contribution in [1.82, 2.24) is 10.0 Å². The zero-order valence-electron chi connectivity index (χ0n) is 7.51. The smallest absolute Gasteiger partial charge is 0.332 e. The number of hydrogen-bond donors (Lipinski definition) is 1. The summed E-state index contributed by atoms with van der Waals surface area (Å²) in [5.41, 5.74) is 4.65. The maximum atomic E-state index is 11.3. The first-order chi connectivity index (χ1) is 6.68. The molecule has 2 saturated heterocycles. The van der Waals surface area contributed by atoms with Crippen LogP contribution in [0.5, 0.6) is 0 Å². The Hall–Kier alpha value is -1.50. The molecule has 0 radical (unpaired) electrons. The minimum Gasteiger partial charge on any atom is -0.332 e. The van der Waals surface area contributed by atoms with E-state index in [4.69, 9.17) is 0 Å². The second-order valence-corrected chi connectivity index (χ2v) is 3.28. The molecule has 2 rings (SSSR count). The average Bonchev–Trinajstić information content (AvgIpc) is 2.73. The molecule has 0 atom stereocenters. The Bertz CT molecular complexity index is 250. The number of fused-ring (bicyclic) bond motifs is 2. The summed E-state index contributed by atoms with van der Waals surface area (Å²) in [6.07, 6.45) is 0.0702. The number of primary amides is 1. The van der Waals surface area contributed by atoms with E-state index in [1.807, 2.05) is 5.01 Å². The Labute approximate surface area is 80.2 Å². The fraction of sp³-hybridized carbons (Fsp3) is 0.714. The summed E-state index contributed by atoms with van der Waals surface area (Å²) in [5, 5.41) is 3.35. The zero-order chi connectivity index (χ0) is 10.1.